The molecule has 2 aromatic rings. The Balaban J connectivity index is 2.14. The van der Waals surface area contributed by atoms with Gasteiger partial charge in [-0.05, 0) is 25.0 Å². The first-order valence-corrected chi connectivity index (χ1v) is 7.62. The zero-order valence-corrected chi connectivity index (χ0v) is 11.5. The van der Waals surface area contributed by atoms with Gasteiger partial charge in [-0.25, -0.2) is 0 Å². The van der Waals surface area contributed by atoms with E-state index in [1.54, 1.807) is 18.3 Å². The van der Waals surface area contributed by atoms with Crippen LogP contribution in [0.3, 0.4) is 0 Å². The number of rotatable bonds is 4. The van der Waals surface area contributed by atoms with Crippen LogP contribution >= 0.6 is 0 Å². The predicted octanol–water partition coefficient (Wildman–Crippen LogP) is 1.86. The first-order chi connectivity index (χ1) is 9.51. The molecule has 0 unspecified atom stereocenters. The lowest BCUT2D eigenvalue weighted by molar-refractivity contribution is 0.598. The van der Waals surface area contributed by atoms with Gasteiger partial charge in [-0.1, -0.05) is 6.07 Å². The van der Waals surface area contributed by atoms with E-state index in [1.807, 2.05) is 10.9 Å². The number of hydrogen-bond donors (Lipinski definition) is 1. The summed E-state index contributed by atoms with van der Waals surface area (Å²) in [5.74, 6) is 0. The predicted molar refractivity (Wildman–Crippen MR) is 77.1 cm³/mol. The number of nitrogens with zero attached hydrogens (tertiary/aromatic N) is 3. The molecule has 0 saturated heterocycles. The number of nitrogens with two attached hydrogens (primary N) is 1. The van der Waals surface area contributed by atoms with Gasteiger partial charge in [0.15, 0.2) is 0 Å². The van der Waals surface area contributed by atoms with Crippen molar-refractivity contribution in [3.63, 3.8) is 0 Å². The van der Waals surface area contributed by atoms with E-state index >= 15 is 0 Å². The topological polar surface area (TPSA) is 90.3 Å². The van der Waals surface area contributed by atoms with Crippen molar-refractivity contribution in [2.75, 3.05) is 5.73 Å². The van der Waals surface area contributed by atoms with Crippen LogP contribution in [0, 0.1) is 0 Å². The maximum Gasteiger partial charge on any atom is 0.282 e. The largest absolute Gasteiger partial charge is 0.399 e. The van der Waals surface area contributed by atoms with Crippen LogP contribution in [-0.4, -0.2) is 24.9 Å². The molecule has 0 aliphatic heterocycles. The highest BCUT2D eigenvalue weighted by atomic mass is 32.2. The van der Waals surface area contributed by atoms with Crippen molar-refractivity contribution in [1.29, 1.82) is 0 Å². The van der Waals surface area contributed by atoms with Crippen LogP contribution in [0.25, 0.3) is 11.1 Å². The number of nitrogen functional groups attached to an aromatic ring is 1. The van der Waals surface area contributed by atoms with E-state index in [-0.39, 0.29) is 4.90 Å². The summed E-state index contributed by atoms with van der Waals surface area (Å²) in [5.41, 5.74) is 7.31. The minimum absolute atomic E-state index is 0.0582. The zero-order valence-electron chi connectivity index (χ0n) is 10.7. The molecule has 1 heterocycles. The molecule has 1 saturated carbocycles. The van der Waals surface area contributed by atoms with Crippen molar-refractivity contribution in [2.24, 2.45) is 4.40 Å². The van der Waals surface area contributed by atoms with E-state index in [1.165, 1.54) is 6.07 Å². The van der Waals surface area contributed by atoms with Crippen LogP contribution < -0.4 is 5.73 Å². The second-order valence-corrected chi connectivity index (χ2v) is 6.45. The molecule has 1 aliphatic rings. The van der Waals surface area contributed by atoms with Crippen LogP contribution in [0.5, 0.6) is 0 Å². The number of aromatic nitrogens is 2. The van der Waals surface area contributed by atoms with E-state index in [4.69, 9.17) is 5.73 Å². The summed E-state index contributed by atoms with van der Waals surface area (Å²) < 4.78 is 29.1. The van der Waals surface area contributed by atoms with E-state index in [2.05, 4.69) is 16.2 Å². The zero-order chi connectivity index (χ0) is 14.3. The maximum absolute atomic E-state index is 12.0. The van der Waals surface area contributed by atoms with E-state index in [9.17, 15) is 8.42 Å². The first kappa shape index (κ1) is 12.9. The van der Waals surface area contributed by atoms with Crippen LogP contribution in [0.1, 0.15) is 18.9 Å². The molecular weight excluding hydrogens is 276 g/mol. The number of sulfonamides is 1. The molecule has 7 heteroatoms. The molecule has 1 aliphatic carbocycles. The van der Waals surface area contributed by atoms with Crippen molar-refractivity contribution in [3.05, 3.63) is 30.6 Å². The van der Waals surface area contributed by atoms with Crippen LogP contribution in [0.2, 0.25) is 0 Å². The molecule has 6 nitrogen and oxygen atoms in total. The highest BCUT2D eigenvalue weighted by Crippen LogP contribution is 2.36. The third-order valence-corrected chi connectivity index (χ3v) is 4.52. The fourth-order valence-corrected chi connectivity index (χ4v) is 2.96. The van der Waals surface area contributed by atoms with Crippen molar-refractivity contribution < 1.29 is 8.42 Å². The van der Waals surface area contributed by atoms with Gasteiger partial charge in [0.2, 0.25) is 0 Å². The Kier molecular flexibility index (Phi) is 2.86. The molecule has 1 aromatic heterocycles. The summed E-state index contributed by atoms with van der Waals surface area (Å²) in [6.07, 6.45) is 5.74. The lowest BCUT2D eigenvalue weighted by Gasteiger charge is -2.06. The van der Waals surface area contributed by atoms with Gasteiger partial charge in [0.05, 0.1) is 17.1 Å². The molecule has 0 atom stereocenters. The highest BCUT2D eigenvalue weighted by Gasteiger charge is 2.25. The van der Waals surface area contributed by atoms with Gasteiger partial charge >= 0.3 is 0 Å². The molecule has 1 aromatic carbocycles. The summed E-state index contributed by atoms with van der Waals surface area (Å²) >= 11 is 0. The average molecular weight is 290 g/mol. The molecule has 104 valence electrons. The maximum atomic E-state index is 12.0. The standard InChI is InChI=1S/C13H14N4O2S/c1-15-20(18,19)13-6-10(14)2-5-12(13)9-7-16-17(8-9)11-3-4-11/h2,5-8,11H,1,3-4,14H2. The minimum atomic E-state index is -3.80. The Morgan fingerprint density at radius 1 is 1.40 bits per heavy atom. The summed E-state index contributed by atoms with van der Waals surface area (Å²) in [6.45, 7) is 3.12. The van der Waals surface area contributed by atoms with Crippen molar-refractivity contribution in [3.8, 4) is 11.1 Å². The lowest BCUT2D eigenvalue weighted by atomic mass is 10.1. The quantitative estimate of drug-likeness (QED) is 0.687. The Morgan fingerprint density at radius 3 is 2.80 bits per heavy atom. The highest BCUT2D eigenvalue weighted by molar-refractivity contribution is 7.90. The fourth-order valence-electron chi connectivity index (χ4n) is 2.08. The van der Waals surface area contributed by atoms with Crippen molar-refractivity contribution in [2.45, 2.75) is 23.8 Å². The molecule has 0 bridgehead atoms. The molecule has 0 radical (unpaired) electrons. The molecule has 0 spiro atoms. The molecule has 20 heavy (non-hydrogen) atoms. The molecule has 2 N–H and O–H groups in total. The Labute approximate surface area is 117 Å². The smallest absolute Gasteiger partial charge is 0.282 e. The fraction of sp³-hybridized carbons (Fsp3) is 0.231. The number of hydrogen-bond acceptors (Lipinski definition) is 4. The molecule has 1 fully saturated rings. The second kappa shape index (κ2) is 4.45. The van der Waals surface area contributed by atoms with Crippen molar-refractivity contribution >= 4 is 22.4 Å². The van der Waals surface area contributed by atoms with E-state index in [0.29, 0.717) is 17.3 Å². The third kappa shape index (κ3) is 2.20. The average Bonchev–Trinajstić information content (AvgIpc) is 3.17. The normalized spacial score (nSPS) is 15.2. The van der Waals surface area contributed by atoms with Gasteiger partial charge in [-0.2, -0.15) is 17.9 Å². The van der Waals surface area contributed by atoms with Crippen molar-refractivity contribution in [1.82, 2.24) is 9.78 Å². The van der Waals surface area contributed by atoms with E-state index in [0.717, 1.165) is 18.4 Å². The van der Waals surface area contributed by atoms with Gasteiger partial charge in [-0.3, -0.25) is 4.68 Å². The summed E-state index contributed by atoms with van der Waals surface area (Å²) in [4.78, 5) is 0.0582. The molecule has 3 rings (SSSR count). The van der Waals surface area contributed by atoms with Crippen LogP contribution in [0.4, 0.5) is 5.69 Å². The minimum Gasteiger partial charge on any atom is -0.399 e. The van der Waals surface area contributed by atoms with Gasteiger partial charge in [-0.15, -0.1) is 0 Å². The summed E-state index contributed by atoms with van der Waals surface area (Å²) in [5, 5.41) is 4.27. The summed E-state index contributed by atoms with van der Waals surface area (Å²) in [6, 6.07) is 5.16. The van der Waals surface area contributed by atoms with Crippen LogP contribution in [0.15, 0.2) is 39.9 Å². The lowest BCUT2D eigenvalue weighted by Crippen LogP contribution is -2.00. The van der Waals surface area contributed by atoms with Gasteiger partial charge < -0.3 is 5.73 Å². The Bertz CT molecular complexity index is 775. The van der Waals surface area contributed by atoms with Gasteiger partial charge in [0.1, 0.15) is 0 Å². The monoisotopic (exact) mass is 290 g/mol. The number of benzene rings is 1. The van der Waals surface area contributed by atoms with E-state index < -0.39 is 10.0 Å². The van der Waals surface area contributed by atoms with Crippen LogP contribution in [-0.2, 0) is 10.0 Å². The molecular formula is C13H14N4O2S. The first-order valence-electron chi connectivity index (χ1n) is 6.18. The SMILES string of the molecule is C=NS(=O)(=O)c1cc(N)ccc1-c1cnn(C2CC2)c1. The Morgan fingerprint density at radius 2 is 2.15 bits per heavy atom. The number of anilines is 1. The Hall–Kier alpha value is -2.15. The van der Waals surface area contributed by atoms with Gasteiger partial charge in [0.25, 0.3) is 10.0 Å². The third-order valence-electron chi connectivity index (χ3n) is 3.29. The molecule has 0 amide bonds. The van der Waals surface area contributed by atoms with Gasteiger partial charge in [0, 0.05) is 29.7 Å². The summed E-state index contributed by atoms with van der Waals surface area (Å²) in [7, 11) is -3.80. The second-order valence-electron chi connectivity index (χ2n) is 4.80.